The topological polar surface area (TPSA) is 66.6 Å². The van der Waals surface area contributed by atoms with Gasteiger partial charge in [-0.1, -0.05) is 12.5 Å². The molecule has 2 N–H and O–H groups in total. The van der Waals surface area contributed by atoms with E-state index in [-0.39, 0.29) is 17.9 Å². The van der Waals surface area contributed by atoms with Gasteiger partial charge in [-0.3, -0.25) is 4.79 Å². The number of fused-ring (bicyclic) bond motifs is 1. The first-order chi connectivity index (χ1) is 9.24. The van der Waals surface area contributed by atoms with Crippen molar-refractivity contribution >= 4 is 11.6 Å². The molecule has 0 saturated heterocycles. The molecule has 5 nitrogen and oxygen atoms in total. The van der Waals surface area contributed by atoms with Crippen LogP contribution < -0.4 is 5.32 Å². The minimum absolute atomic E-state index is 0.178. The predicted molar refractivity (Wildman–Crippen MR) is 70.9 cm³/mol. The first-order valence-corrected chi connectivity index (χ1v) is 6.64. The summed E-state index contributed by atoms with van der Waals surface area (Å²) in [7, 11) is 0. The Morgan fingerprint density at radius 2 is 2.37 bits per heavy atom. The van der Waals surface area contributed by atoms with E-state index in [2.05, 4.69) is 10.3 Å². The molecule has 1 aliphatic rings. The molecule has 2 unspecified atom stereocenters. The van der Waals surface area contributed by atoms with Crippen LogP contribution in [0.3, 0.4) is 0 Å². The second kappa shape index (κ2) is 5.01. The zero-order valence-corrected chi connectivity index (χ0v) is 10.6. The lowest BCUT2D eigenvalue weighted by Gasteiger charge is -2.14. The molecule has 2 aromatic heterocycles. The summed E-state index contributed by atoms with van der Waals surface area (Å²) in [5.74, 6) is 0.00350. The van der Waals surface area contributed by atoms with E-state index in [9.17, 15) is 9.90 Å². The van der Waals surface area contributed by atoms with E-state index in [1.807, 2.05) is 28.8 Å². The zero-order chi connectivity index (χ0) is 13.2. The van der Waals surface area contributed by atoms with Gasteiger partial charge >= 0.3 is 0 Å². The van der Waals surface area contributed by atoms with Gasteiger partial charge in [0.05, 0.1) is 6.10 Å². The van der Waals surface area contributed by atoms with Gasteiger partial charge in [-0.05, 0) is 25.0 Å². The maximum Gasteiger partial charge on any atom is 0.271 e. The normalized spacial score (nSPS) is 22.8. The molecule has 0 spiro atoms. The molecule has 0 radical (unpaired) electrons. The van der Waals surface area contributed by atoms with Crippen LogP contribution in [0.2, 0.25) is 0 Å². The number of rotatable bonds is 3. The monoisotopic (exact) mass is 259 g/mol. The lowest BCUT2D eigenvalue weighted by molar-refractivity contribution is 0.0912. The van der Waals surface area contributed by atoms with Crippen LogP contribution in [0, 0.1) is 5.92 Å². The average molecular weight is 259 g/mol. The Kier molecular flexibility index (Phi) is 3.21. The van der Waals surface area contributed by atoms with Crippen molar-refractivity contribution in [3.8, 4) is 0 Å². The van der Waals surface area contributed by atoms with Crippen molar-refractivity contribution in [1.82, 2.24) is 14.7 Å². The van der Waals surface area contributed by atoms with Gasteiger partial charge in [0.25, 0.3) is 5.91 Å². The van der Waals surface area contributed by atoms with Gasteiger partial charge in [0.2, 0.25) is 0 Å². The van der Waals surface area contributed by atoms with Crippen LogP contribution in [0.4, 0.5) is 0 Å². The minimum atomic E-state index is -0.277. The summed E-state index contributed by atoms with van der Waals surface area (Å²) in [5.41, 5.74) is 1.17. The minimum Gasteiger partial charge on any atom is -0.393 e. The van der Waals surface area contributed by atoms with Gasteiger partial charge < -0.3 is 14.8 Å². The Balaban J connectivity index is 1.66. The molecule has 100 valence electrons. The van der Waals surface area contributed by atoms with Gasteiger partial charge in [0.15, 0.2) is 0 Å². The van der Waals surface area contributed by atoms with Crippen molar-refractivity contribution in [3.63, 3.8) is 0 Å². The van der Waals surface area contributed by atoms with Crippen molar-refractivity contribution in [2.75, 3.05) is 6.54 Å². The number of amides is 1. The molecule has 0 aliphatic heterocycles. The molecule has 1 saturated carbocycles. The summed E-state index contributed by atoms with van der Waals surface area (Å²) in [6.07, 6.45) is 6.16. The number of aromatic nitrogens is 2. The van der Waals surface area contributed by atoms with Crippen LogP contribution in [0.5, 0.6) is 0 Å². The second-order valence-electron chi connectivity index (χ2n) is 5.06. The fraction of sp³-hybridized carbons (Fsp3) is 0.429. The number of carbonyl (C=O) groups excluding carboxylic acids is 1. The van der Waals surface area contributed by atoms with Gasteiger partial charge in [0, 0.05) is 24.9 Å². The third-order valence-electron chi connectivity index (χ3n) is 3.74. The highest BCUT2D eigenvalue weighted by molar-refractivity contribution is 5.92. The number of aliphatic hydroxyl groups excluding tert-OH is 1. The Morgan fingerprint density at radius 1 is 1.47 bits per heavy atom. The highest BCUT2D eigenvalue weighted by Crippen LogP contribution is 2.24. The van der Waals surface area contributed by atoms with Gasteiger partial charge in [0.1, 0.15) is 11.3 Å². The van der Waals surface area contributed by atoms with Gasteiger partial charge in [-0.2, -0.15) is 0 Å². The molecule has 1 aliphatic carbocycles. The van der Waals surface area contributed by atoms with E-state index in [0.29, 0.717) is 12.2 Å². The van der Waals surface area contributed by atoms with Crippen molar-refractivity contribution in [1.29, 1.82) is 0 Å². The Hall–Kier alpha value is -1.88. The maximum atomic E-state index is 12.0. The molecule has 19 heavy (non-hydrogen) atoms. The van der Waals surface area contributed by atoms with Crippen LogP contribution in [0.1, 0.15) is 29.8 Å². The van der Waals surface area contributed by atoms with Crippen molar-refractivity contribution < 1.29 is 9.90 Å². The SMILES string of the molecule is O=C(NCC1CCCC1O)c1cn2ccccc2n1. The highest BCUT2D eigenvalue weighted by atomic mass is 16.3. The van der Waals surface area contributed by atoms with E-state index in [0.717, 1.165) is 24.9 Å². The van der Waals surface area contributed by atoms with Crippen LogP contribution in [0.25, 0.3) is 5.65 Å². The fourth-order valence-corrected chi connectivity index (χ4v) is 2.61. The number of aliphatic hydroxyl groups is 1. The molecule has 3 rings (SSSR count). The Morgan fingerprint density at radius 3 is 3.11 bits per heavy atom. The van der Waals surface area contributed by atoms with Crippen molar-refractivity contribution in [3.05, 3.63) is 36.3 Å². The summed E-state index contributed by atoms with van der Waals surface area (Å²) in [4.78, 5) is 16.3. The van der Waals surface area contributed by atoms with E-state index in [1.54, 1.807) is 6.20 Å². The number of nitrogens with zero attached hydrogens (tertiary/aromatic N) is 2. The Labute approximate surface area is 111 Å². The average Bonchev–Trinajstić information content (AvgIpc) is 3.01. The number of nitrogens with one attached hydrogen (secondary N) is 1. The summed E-state index contributed by atoms with van der Waals surface area (Å²) in [5, 5.41) is 12.6. The lowest BCUT2D eigenvalue weighted by Crippen LogP contribution is -2.32. The number of carbonyl (C=O) groups is 1. The summed E-state index contributed by atoms with van der Waals surface area (Å²) in [6, 6.07) is 5.64. The van der Waals surface area contributed by atoms with Crippen molar-refractivity contribution in [2.24, 2.45) is 5.92 Å². The molecular weight excluding hydrogens is 242 g/mol. The van der Waals surface area contributed by atoms with E-state index >= 15 is 0 Å². The standard InChI is InChI=1S/C14H17N3O2/c18-12-5-3-4-10(12)8-15-14(19)11-9-17-7-2-1-6-13(17)16-11/h1-2,6-7,9-10,12,18H,3-5,8H2,(H,15,19). The molecule has 0 bridgehead atoms. The summed E-state index contributed by atoms with van der Waals surface area (Å²) < 4.78 is 1.82. The first kappa shape index (κ1) is 12.2. The molecule has 1 amide bonds. The number of pyridine rings is 1. The number of hydrogen-bond acceptors (Lipinski definition) is 3. The summed E-state index contributed by atoms with van der Waals surface area (Å²) in [6.45, 7) is 0.522. The van der Waals surface area contributed by atoms with E-state index in [1.165, 1.54) is 0 Å². The maximum absolute atomic E-state index is 12.0. The molecule has 5 heteroatoms. The zero-order valence-electron chi connectivity index (χ0n) is 10.6. The largest absolute Gasteiger partial charge is 0.393 e. The molecule has 2 atom stereocenters. The quantitative estimate of drug-likeness (QED) is 0.871. The van der Waals surface area contributed by atoms with Crippen LogP contribution >= 0.6 is 0 Å². The van der Waals surface area contributed by atoms with Crippen LogP contribution in [-0.4, -0.2) is 33.0 Å². The fourth-order valence-electron chi connectivity index (χ4n) is 2.61. The number of imidazole rings is 1. The van der Waals surface area contributed by atoms with Crippen molar-refractivity contribution in [2.45, 2.75) is 25.4 Å². The molecule has 1 fully saturated rings. The third kappa shape index (κ3) is 2.46. The summed E-state index contributed by atoms with van der Waals surface area (Å²) >= 11 is 0. The van der Waals surface area contributed by atoms with Crippen LogP contribution in [-0.2, 0) is 0 Å². The van der Waals surface area contributed by atoms with Gasteiger partial charge in [-0.15, -0.1) is 0 Å². The first-order valence-electron chi connectivity index (χ1n) is 6.64. The smallest absolute Gasteiger partial charge is 0.271 e. The highest BCUT2D eigenvalue weighted by Gasteiger charge is 2.25. The molecule has 2 heterocycles. The van der Waals surface area contributed by atoms with Gasteiger partial charge in [-0.25, -0.2) is 4.98 Å². The number of hydrogen-bond donors (Lipinski definition) is 2. The lowest BCUT2D eigenvalue weighted by atomic mass is 10.1. The molecular formula is C14H17N3O2. The van der Waals surface area contributed by atoms with Crippen LogP contribution in [0.15, 0.2) is 30.6 Å². The Bertz CT molecular complexity index is 560. The third-order valence-corrected chi connectivity index (χ3v) is 3.74. The molecule has 2 aromatic rings. The second-order valence-corrected chi connectivity index (χ2v) is 5.06. The molecule has 0 aromatic carbocycles. The van der Waals surface area contributed by atoms with E-state index in [4.69, 9.17) is 0 Å². The van der Waals surface area contributed by atoms with E-state index < -0.39 is 0 Å². The predicted octanol–water partition coefficient (Wildman–Crippen LogP) is 1.23.